The van der Waals surface area contributed by atoms with Crippen LogP contribution in [-0.2, 0) is 0 Å². The topological polar surface area (TPSA) is 99.1 Å². The number of ether oxygens (including phenoxy) is 1. The first-order valence-electron chi connectivity index (χ1n) is 9.73. The molecule has 7 heteroatoms. The second-order valence-electron chi connectivity index (χ2n) is 7.95. The van der Waals surface area contributed by atoms with E-state index in [0.717, 1.165) is 29.3 Å². The summed E-state index contributed by atoms with van der Waals surface area (Å²) in [6, 6.07) is 2.16. The van der Waals surface area contributed by atoms with Crippen LogP contribution in [0.4, 0.5) is 5.95 Å². The maximum atomic E-state index is 10.5. The molecule has 0 bridgehead atoms. The largest absolute Gasteiger partial charge is 0.493 e. The molecule has 150 valence electrons. The third kappa shape index (κ3) is 3.64. The Hall–Kier alpha value is -3.11. The number of rotatable bonds is 4. The molecule has 0 aliphatic heterocycles. The Labute approximate surface area is 170 Å². The lowest BCUT2D eigenvalue weighted by molar-refractivity contribution is 0.0980. The number of aliphatic hydroxyl groups is 1. The summed E-state index contributed by atoms with van der Waals surface area (Å²) in [5.41, 5.74) is 7.93. The molecule has 1 fully saturated rings. The minimum Gasteiger partial charge on any atom is -0.493 e. The SMILES string of the molecule is COc1cnc(N)nc1-c1cn(C(C)C)c2cnc(C#CC(C)(O)C3CC3)cc12. The molecule has 4 rings (SSSR count). The van der Waals surface area contributed by atoms with Crippen molar-refractivity contribution in [1.29, 1.82) is 0 Å². The van der Waals surface area contributed by atoms with Crippen molar-refractivity contribution < 1.29 is 9.84 Å². The fourth-order valence-electron chi connectivity index (χ4n) is 3.50. The van der Waals surface area contributed by atoms with Gasteiger partial charge in [0.1, 0.15) is 17.0 Å². The van der Waals surface area contributed by atoms with Crippen molar-refractivity contribution in [3.8, 4) is 28.8 Å². The van der Waals surface area contributed by atoms with Crippen LogP contribution in [0.15, 0.2) is 24.7 Å². The molecule has 1 aliphatic carbocycles. The molecule has 1 aliphatic rings. The van der Waals surface area contributed by atoms with Crippen molar-refractivity contribution in [2.75, 3.05) is 12.8 Å². The van der Waals surface area contributed by atoms with Crippen LogP contribution in [0, 0.1) is 17.8 Å². The van der Waals surface area contributed by atoms with E-state index in [0.29, 0.717) is 17.1 Å². The van der Waals surface area contributed by atoms with E-state index in [1.54, 1.807) is 20.2 Å². The monoisotopic (exact) mass is 391 g/mol. The second kappa shape index (κ2) is 7.05. The van der Waals surface area contributed by atoms with E-state index < -0.39 is 5.60 Å². The van der Waals surface area contributed by atoms with Crippen LogP contribution >= 0.6 is 0 Å². The Bertz CT molecular complexity index is 1130. The first-order chi connectivity index (χ1) is 13.8. The maximum Gasteiger partial charge on any atom is 0.220 e. The molecule has 7 nitrogen and oxygen atoms in total. The Morgan fingerprint density at radius 1 is 1.31 bits per heavy atom. The van der Waals surface area contributed by atoms with E-state index in [-0.39, 0.29) is 17.9 Å². The van der Waals surface area contributed by atoms with Gasteiger partial charge in [0, 0.05) is 23.2 Å². The number of pyridine rings is 1. The molecule has 1 unspecified atom stereocenters. The number of aromatic nitrogens is 4. The third-order valence-corrected chi connectivity index (χ3v) is 5.34. The molecule has 3 N–H and O–H groups in total. The van der Waals surface area contributed by atoms with Gasteiger partial charge in [-0.15, -0.1) is 0 Å². The van der Waals surface area contributed by atoms with Gasteiger partial charge in [0.2, 0.25) is 5.95 Å². The van der Waals surface area contributed by atoms with E-state index in [4.69, 9.17) is 10.5 Å². The molecule has 0 amide bonds. The molecule has 0 radical (unpaired) electrons. The van der Waals surface area contributed by atoms with E-state index >= 15 is 0 Å². The zero-order valence-corrected chi connectivity index (χ0v) is 17.1. The highest BCUT2D eigenvalue weighted by Gasteiger charge is 2.38. The van der Waals surface area contributed by atoms with Crippen molar-refractivity contribution >= 4 is 16.9 Å². The van der Waals surface area contributed by atoms with Gasteiger partial charge in [-0.05, 0) is 51.5 Å². The molecule has 3 heterocycles. The molecule has 3 aromatic heterocycles. The van der Waals surface area contributed by atoms with Crippen molar-refractivity contribution in [2.45, 2.75) is 45.3 Å². The van der Waals surface area contributed by atoms with Gasteiger partial charge >= 0.3 is 0 Å². The normalized spacial score (nSPS) is 15.8. The van der Waals surface area contributed by atoms with Crippen molar-refractivity contribution in [2.24, 2.45) is 5.92 Å². The molecule has 0 saturated heterocycles. The summed E-state index contributed by atoms with van der Waals surface area (Å²) >= 11 is 0. The first kappa shape index (κ1) is 19.2. The molecular weight excluding hydrogens is 366 g/mol. The summed E-state index contributed by atoms with van der Waals surface area (Å²) in [6.07, 6.45) is 7.45. The Morgan fingerprint density at radius 3 is 2.72 bits per heavy atom. The fourth-order valence-corrected chi connectivity index (χ4v) is 3.50. The van der Waals surface area contributed by atoms with Crippen molar-refractivity contribution in [3.05, 3.63) is 30.4 Å². The summed E-state index contributed by atoms with van der Waals surface area (Å²) < 4.78 is 7.59. The quantitative estimate of drug-likeness (QED) is 0.663. The molecule has 29 heavy (non-hydrogen) atoms. The fraction of sp³-hybridized carbons (Fsp3) is 0.409. The van der Waals surface area contributed by atoms with E-state index in [1.807, 2.05) is 18.5 Å². The lowest BCUT2D eigenvalue weighted by atomic mass is 10.0. The number of hydrogen-bond donors (Lipinski definition) is 2. The number of fused-ring (bicyclic) bond motifs is 1. The van der Waals surface area contributed by atoms with E-state index in [2.05, 4.69) is 45.2 Å². The summed E-state index contributed by atoms with van der Waals surface area (Å²) in [5, 5.41) is 11.4. The van der Waals surface area contributed by atoms with Crippen LogP contribution in [0.3, 0.4) is 0 Å². The van der Waals surface area contributed by atoms with Gasteiger partial charge in [0.25, 0.3) is 0 Å². The van der Waals surface area contributed by atoms with Crippen LogP contribution in [0.1, 0.15) is 45.3 Å². The smallest absolute Gasteiger partial charge is 0.220 e. The number of methoxy groups -OCH3 is 1. The number of hydrogen-bond acceptors (Lipinski definition) is 6. The highest BCUT2D eigenvalue weighted by atomic mass is 16.5. The van der Waals surface area contributed by atoms with Gasteiger partial charge in [-0.2, -0.15) is 0 Å². The van der Waals surface area contributed by atoms with Gasteiger partial charge in [-0.1, -0.05) is 5.92 Å². The highest BCUT2D eigenvalue weighted by Crippen LogP contribution is 2.39. The average molecular weight is 391 g/mol. The lowest BCUT2D eigenvalue weighted by Gasteiger charge is -2.14. The van der Waals surface area contributed by atoms with E-state index in [9.17, 15) is 5.11 Å². The number of nitrogens with zero attached hydrogens (tertiary/aromatic N) is 4. The van der Waals surface area contributed by atoms with Gasteiger partial charge in [0.15, 0.2) is 5.75 Å². The second-order valence-corrected chi connectivity index (χ2v) is 7.95. The minimum atomic E-state index is -0.979. The highest BCUT2D eigenvalue weighted by molar-refractivity contribution is 5.96. The van der Waals surface area contributed by atoms with Crippen molar-refractivity contribution in [3.63, 3.8) is 0 Å². The molecule has 1 saturated carbocycles. The molecule has 0 aromatic carbocycles. The first-order valence-corrected chi connectivity index (χ1v) is 9.73. The van der Waals surface area contributed by atoms with Crippen LogP contribution in [-0.4, -0.2) is 37.3 Å². The zero-order chi connectivity index (χ0) is 20.8. The van der Waals surface area contributed by atoms with Crippen LogP contribution in [0.25, 0.3) is 22.2 Å². The van der Waals surface area contributed by atoms with E-state index in [1.165, 1.54) is 0 Å². The zero-order valence-electron chi connectivity index (χ0n) is 17.1. The summed E-state index contributed by atoms with van der Waals surface area (Å²) in [5.74, 6) is 7.01. The molecular formula is C22H25N5O2. The number of nitrogen functional groups attached to an aromatic ring is 1. The summed E-state index contributed by atoms with van der Waals surface area (Å²) in [6.45, 7) is 5.98. The maximum absolute atomic E-state index is 10.5. The van der Waals surface area contributed by atoms with Crippen molar-refractivity contribution in [1.82, 2.24) is 19.5 Å². The number of anilines is 1. The number of nitrogens with two attached hydrogens (primary N) is 1. The molecule has 0 spiro atoms. The van der Waals surface area contributed by atoms with Gasteiger partial charge in [-0.25, -0.2) is 15.0 Å². The summed E-state index contributed by atoms with van der Waals surface area (Å²) in [7, 11) is 1.58. The Balaban J connectivity index is 1.88. The molecule has 3 aromatic rings. The standard InChI is InChI=1S/C22H25N5O2/c1-13(2)27-12-17(20-19(29-4)11-25-21(23)26-20)16-9-15(24-10-18(16)27)7-8-22(3,28)14-5-6-14/h9-14,28H,5-6H2,1-4H3,(H2,23,25,26). The predicted octanol–water partition coefficient (Wildman–Crippen LogP) is 3.18. The minimum absolute atomic E-state index is 0.181. The van der Waals surface area contributed by atoms with Gasteiger partial charge in [0.05, 0.1) is 25.0 Å². The van der Waals surface area contributed by atoms with Crippen LogP contribution in [0.2, 0.25) is 0 Å². The van der Waals surface area contributed by atoms with Gasteiger partial charge in [-0.3, -0.25) is 0 Å². The predicted molar refractivity (Wildman–Crippen MR) is 112 cm³/mol. The lowest BCUT2D eigenvalue weighted by Crippen LogP contribution is -2.24. The third-order valence-electron chi connectivity index (χ3n) is 5.34. The van der Waals surface area contributed by atoms with Crippen LogP contribution < -0.4 is 10.5 Å². The average Bonchev–Trinajstić information content (AvgIpc) is 3.48. The Morgan fingerprint density at radius 2 is 2.07 bits per heavy atom. The molecule has 1 atom stereocenters. The van der Waals surface area contributed by atoms with Gasteiger partial charge < -0.3 is 20.1 Å². The Kier molecular flexibility index (Phi) is 4.67. The summed E-state index contributed by atoms with van der Waals surface area (Å²) in [4.78, 5) is 12.9. The van der Waals surface area contributed by atoms with Crippen LogP contribution in [0.5, 0.6) is 5.75 Å².